The number of hydrogen-bond acceptors (Lipinski definition) is 2. The third kappa shape index (κ3) is 1.62. The number of urea groups is 1. The lowest BCUT2D eigenvalue weighted by molar-refractivity contribution is 0.0824. The molecule has 0 aliphatic carbocycles. The van der Waals surface area contributed by atoms with Gasteiger partial charge in [0.15, 0.2) is 11.6 Å². The van der Waals surface area contributed by atoms with E-state index < -0.39 is 29.1 Å². The van der Waals surface area contributed by atoms with Crippen molar-refractivity contribution in [2.45, 2.75) is 0 Å². The van der Waals surface area contributed by atoms with E-state index in [2.05, 4.69) is 5.32 Å². The lowest BCUT2D eigenvalue weighted by Gasteiger charge is -2.12. The Balaban J connectivity index is 2.34. The molecule has 1 aromatic rings. The maximum absolute atomic E-state index is 13.3. The van der Waals surface area contributed by atoms with Gasteiger partial charge in [0.1, 0.15) is 0 Å². The molecule has 1 saturated heterocycles. The number of rotatable bonds is 1. The van der Waals surface area contributed by atoms with E-state index in [0.717, 1.165) is 17.0 Å². The molecule has 2 rings (SSSR count). The Kier molecular flexibility index (Phi) is 2.55. The van der Waals surface area contributed by atoms with Crippen molar-refractivity contribution < 1.29 is 18.4 Å². The molecule has 0 aromatic heterocycles. The van der Waals surface area contributed by atoms with E-state index in [1.807, 2.05) is 0 Å². The highest BCUT2D eigenvalue weighted by atomic mass is 19.2. The molecule has 1 aromatic carbocycles. The molecular formula is C10H8F2N2O2. The number of halogens is 2. The molecule has 1 N–H and O–H groups in total. The minimum Gasteiger partial charge on any atom is -0.336 e. The van der Waals surface area contributed by atoms with Crippen LogP contribution >= 0.6 is 0 Å². The molecule has 84 valence electrons. The van der Waals surface area contributed by atoms with Crippen LogP contribution in [0.4, 0.5) is 13.6 Å². The van der Waals surface area contributed by atoms with Crippen LogP contribution in [0.25, 0.3) is 0 Å². The maximum atomic E-state index is 13.3. The van der Waals surface area contributed by atoms with Crippen molar-refractivity contribution in [2.75, 3.05) is 13.1 Å². The van der Waals surface area contributed by atoms with Crippen LogP contribution in [0.5, 0.6) is 0 Å². The molecule has 0 spiro atoms. The van der Waals surface area contributed by atoms with E-state index >= 15 is 0 Å². The van der Waals surface area contributed by atoms with Crippen molar-refractivity contribution in [3.63, 3.8) is 0 Å². The third-order valence-corrected chi connectivity index (χ3v) is 2.28. The second-order valence-corrected chi connectivity index (χ2v) is 3.29. The first-order chi connectivity index (χ1) is 7.61. The number of hydrogen-bond donors (Lipinski definition) is 1. The van der Waals surface area contributed by atoms with E-state index in [0.29, 0.717) is 6.54 Å². The molecule has 1 aliphatic rings. The number of amides is 3. The highest BCUT2D eigenvalue weighted by molar-refractivity contribution is 6.05. The Bertz CT molecular complexity index is 462. The van der Waals surface area contributed by atoms with Crippen molar-refractivity contribution in [3.8, 4) is 0 Å². The van der Waals surface area contributed by atoms with E-state index in [-0.39, 0.29) is 6.54 Å². The number of imide groups is 1. The lowest BCUT2D eigenvalue weighted by atomic mass is 10.2. The zero-order valence-electron chi connectivity index (χ0n) is 8.17. The molecular weight excluding hydrogens is 218 g/mol. The van der Waals surface area contributed by atoms with Crippen molar-refractivity contribution >= 4 is 11.9 Å². The predicted molar refractivity (Wildman–Crippen MR) is 50.8 cm³/mol. The van der Waals surface area contributed by atoms with Gasteiger partial charge in [-0.2, -0.15) is 0 Å². The lowest BCUT2D eigenvalue weighted by Crippen LogP contribution is -2.34. The van der Waals surface area contributed by atoms with Crippen molar-refractivity contribution in [1.82, 2.24) is 10.2 Å². The van der Waals surface area contributed by atoms with Crippen molar-refractivity contribution in [1.29, 1.82) is 0 Å². The van der Waals surface area contributed by atoms with E-state index in [1.165, 1.54) is 6.07 Å². The fourth-order valence-corrected chi connectivity index (χ4v) is 1.48. The molecule has 1 aliphatic heterocycles. The fourth-order valence-electron chi connectivity index (χ4n) is 1.48. The highest BCUT2D eigenvalue weighted by Gasteiger charge is 2.29. The fraction of sp³-hybridized carbons (Fsp3) is 0.200. The summed E-state index contributed by atoms with van der Waals surface area (Å²) in [7, 11) is 0. The standard InChI is InChI=1S/C10H8F2N2O2/c11-7-3-1-2-6(8(7)12)9(15)14-5-4-13-10(14)16/h1-3H,4-5H2,(H,13,16). The van der Waals surface area contributed by atoms with Crippen molar-refractivity contribution in [2.24, 2.45) is 0 Å². The second kappa shape index (κ2) is 3.88. The molecule has 0 bridgehead atoms. The first-order valence-corrected chi connectivity index (χ1v) is 4.65. The average Bonchev–Trinajstić information content (AvgIpc) is 2.68. The third-order valence-electron chi connectivity index (χ3n) is 2.28. The summed E-state index contributed by atoms with van der Waals surface area (Å²) in [5.74, 6) is -3.16. The Morgan fingerprint density at radius 3 is 2.75 bits per heavy atom. The molecule has 0 radical (unpaired) electrons. The molecule has 0 saturated carbocycles. The molecule has 3 amide bonds. The molecule has 6 heteroatoms. The van der Waals surface area contributed by atoms with Gasteiger partial charge in [-0.05, 0) is 12.1 Å². The average molecular weight is 226 g/mol. The normalized spacial score (nSPS) is 15.1. The highest BCUT2D eigenvalue weighted by Crippen LogP contribution is 2.14. The first kappa shape index (κ1) is 10.5. The van der Waals surface area contributed by atoms with Crippen LogP contribution in [0.3, 0.4) is 0 Å². The van der Waals surface area contributed by atoms with Crippen LogP contribution in [0, 0.1) is 11.6 Å². The summed E-state index contributed by atoms with van der Waals surface area (Å²) in [6, 6.07) is 2.69. The van der Waals surface area contributed by atoms with Crippen LogP contribution in [0.2, 0.25) is 0 Å². The maximum Gasteiger partial charge on any atom is 0.324 e. The second-order valence-electron chi connectivity index (χ2n) is 3.29. The summed E-state index contributed by atoms with van der Waals surface area (Å²) in [4.78, 5) is 23.7. The largest absolute Gasteiger partial charge is 0.336 e. The smallest absolute Gasteiger partial charge is 0.324 e. The number of carbonyl (C=O) groups is 2. The van der Waals surface area contributed by atoms with Gasteiger partial charge in [-0.3, -0.25) is 9.69 Å². The molecule has 0 atom stereocenters. The minimum atomic E-state index is -1.23. The van der Waals surface area contributed by atoms with Gasteiger partial charge in [0.2, 0.25) is 0 Å². The van der Waals surface area contributed by atoms with Gasteiger partial charge >= 0.3 is 6.03 Å². The van der Waals surface area contributed by atoms with Crippen LogP contribution < -0.4 is 5.32 Å². The number of benzene rings is 1. The quantitative estimate of drug-likeness (QED) is 0.780. The van der Waals surface area contributed by atoms with Gasteiger partial charge in [0.25, 0.3) is 5.91 Å². The molecule has 16 heavy (non-hydrogen) atoms. The SMILES string of the molecule is O=C1NCCN1C(=O)c1cccc(F)c1F. The summed E-state index contributed by atoms with van der Waals surface area (Å²) < 4.78 is 26.2. The summed E-state index contributed by atoms with van der Waals surface area (Å²) >= 11 is 0. The molecule has 1 fully saturated rings. The van der Waals surface area contributed by atoms with Gasteiger partial charge in [-0.1, -0.05) is 6.07 Å². The molecule has 4 nitrogen and oxygen atoms in total. The van der Waals surface area contributed by atoms with Crippen LogP contribution in [0.15, 0.2) is 18.2 Å². The van der Waals surface area contributed by atoms with Gasteiger partial charge in [0.05, 0.1) is 5.56 Å². The first-order valence-electron chi connectivity index (χ1n) is 4.65. The number of nitrogens with one attached hydrogen (secondary N) is 1. The van der Waals surface area contributed by atoms with E-state index in [1.54, 1.807) is 0 Å². The number of carbonyl (C=O) groups excluding carboxylic acids is 2. The predicted octanol–water partition coefficient (Wildman–Crippen LogP) is 1.13. The van der Waals surface area contributed by atoms with Gasteiger partial charge in [0, 0.05) is 13.1 Å². The Morgan fingerprint density at radius 1 is 1.38 bits per heavy atom. The topological polar surface area (TPSA) is 49.4 Å². The van der Waals surface area contributed by atoms with Crippen molar-refractivity contribution in [3.05, 3.63) is 35.4 Å². The van der Waals surface area contributed by atoms with Gasteiger partial charge in [-0.15, -0.1) is 0 Å². The molecule has 0 unspecified atom stereocenters. The Morgan fingerprint density at radius 2 is 2.12 bits per heavy atom. The van der Waals surface area contributed by atoms with Crippen LogP contribution in [0.1, 0.15) is 10.4 Å². The Labute approximate surface area is 89.8 Å². The van der Waals surface area contributed by atoms with E-state index in [9.17, 15) is 18.4 Å². The monoisotopic (exact) mass is 226 g/mol. The Hall–Kier alpha value is -1.98. The summed E-state index contributed by atoms with van der Waals surface area (Å²) in [5, 5.41) is 2.40. The minimum absolute atomic E-state index is 0.160. The number of nitrogens with zero attached hydrogens (tertiary/aromatic N) is 1. The summed E-state index contributed by atoms with van der Waals surface area (Å²) in [5.41, 5.74) is -0.433. The van der Waals surface area contributed by atoms with Gasteiger partial charge < -0.3 is 5.32 Å². The van der Waals surface area contributed by atoms with Crippen LogP contribution in [-0.2, 0) is 0 Å². The zero-order chi connectivity index (χ0) is 11.7. The van der Waals surface area contributed by atoms with E-state index in [4.69, 9.17) is 0 Å². The zero-order valence-corrected chi connectivity index (χ0v) is 8.17. The summed E-state index contributed by atoms with van der Waals surface area (Å²) in [6.45, 7) is 0.481. The molecule has 1 heterocycles. The van der Waals surface area contributed by atoms with Gasteiger partial charge in [-0.25, -0.2) is 13.6 Å². The summed E-state index contributed by atoms with van der Waals surface area (Å²) in [6.07, 6.45) is 0. The van der Waals surface area contributed by atoms with Crippen LogP contribution in [-0.4, -0.2) is 29.9 Å².